The Balaban J connectivity index is 2.18. The van der Waals surface area contributed by atoms with E-state index in [0.29, 0.717) is 12.2 Å². The molecule has 2 rings (SSSR count). The minimum Gasteiger partial charge on any atom is -0.462 e. The van der Waals surface area contributed by atoms with Crippen molar-refractivity contribution in [3.05, 3.63) is 59.4 Å². The highest BCUT2D eigenvalue weighted by Gasteiger charge is 2.10. The van der Waals surface area contributed by atoms with Gasteiger partial charge < -0.3 is 9.72 Å². The first kappa shape index (κ1) is 12.2. The molecule has 3 nitrogen and oxygen atoms in total. The number of carbonyl (C=O) groups is 1. The molecule has 0 atom stereocenters. The molecular formula is C15H15NO2. The first-order chi connectivity index (χ1) is 8.81. The summed E-state index contributed by atoms with van der Waals surface area (Å²) in [5.41, 5.74) is 2.41. The second-order valence-electron chi connectivity index (χ2n) is 3.77. The van der Waals surface area contributed by atoms with Crippen molar-refractivity contribution < 1.29 is 9.53 Å². The number of hydrogen-bond acceptors (Lipinski definition) is 2. The van der Waals surface area contributed by atoms with Crippen LogP contribution in [-0.4, -0.2) is 17.6 Å². The summed E-state index contributed by atoms with van der Waals surface area (Å²) in [6.07, 6.45) is 5.56. The van der Waals surface area contributed by atoms with Gasteiger partial charge in [-0.3, -0.25) is 0 Å². The fraction of sp³-hybridized carbons (Fsp3) is 0.133. The highest BCUT2D eigenvalue weighted by atomic mass is 16.5. The largest absolute Gasteiger partial charge is 0.462 e. The zero-order valence-electron chi connectivity index (χ0n) is 10.2. The highest BCUT2D eigenvalue weighted by molar-refractivity contribution is 5.94. The molecule has 0 aliphatic carbocycles. The van der Waals surface area contributed by atoms with E-state index in [4.69, 9.17) is 4.74 Å². The van der Waals surface area contributed by atoms with Gasteiger partial charge in [0, 0.05) is 6.20 Å². The van der Waals surface area contributed by atoms with E-state index in [1.807, 2.05) is 42.5 Å². The summed E-state index contributed by atoms with van der Waals surface area (Å²) in [7, 11) is 0. The second-order valence-corrected chi connectivity index (χ2v) is 3.77. The zero-order chi connectivity index (χ0) is 12.8. The first-order valence-electron chi connectivity index (χ1n) is 5.89. The molecule has 0 unspecified atom stereocenters. The highest BCUT2D eigenvalue weighted by Crippen LogP contribution is 2.12. The van der Waals surface area contributed by atoms with Gasteiger partial charge >= 0.3 is 5.97 Å². The average molecular weight is 241 g/mol. The van der Waals surface area contributed by atoms with Crippen LogP contribution in [0.5, 0.6) is 0 Å². The van der Waals surface area contributed by atoms with Crippen molar-refractivity contribution >= 4 is 18.1 Å². The van der Waals surface area contributed by atoms with E-state index < -0.39 is 0 Å². The van der Waals surface area contributed by atoms with Crippen molar-refractivity contribution in [2.45, 2.75) is 6.92 Å². The molecule has 1 heterocycles. The Morgan fingerprint density at radius 1 is 1.22 bits per heavy atom. The third-order valence-electron chi connectivity index (χ3n) is 2.52. The third-order valence-corrected chi connectivity index (χ3v) is 2.52. The molecule has 92 valence electrons. The van der Waals surface area contributed by atoms with Gasteiger partial charge in [-0.1, -0.05) is 36.4 Å². The lowest BCUT2D eigenvalue weighted by Crippen LogP contribution is -2.04. The molecule has 1 aromatic carbocycles. The zero-order valence-corrected chi connectivity index (χ0v) is 10.2. The van der Waals surface area contributed by atoms with Crippen LogP contribution < -0.4 is 0 Å². The normalized spacial score (nSPS) is 10.7. The Morgan fingerprint density at radius 3 is 2.72 bits per heavy atom. The number of rotatable bonds is 4. The first-order valence-corrected chi connectivity index (χ1v) is 5.89. The van der Waals surface area contributed by atoms with E-state index in [9.17, 15) is 4.79 Å². The van der Waals surface area contributed by atoms with Gasteiger partial charge in [0.15, 0.2) is 0 Å². The monoisotopic (exact) mass is 241 g/mol. The minimum absolute atomic E-state index is 0.300. The summed E-state index contributed by atoms with van der Waals surface area (Å²) in [4.78, 5) is 14.7. The van der Waals surface area contributed by atoms with E-state index >= 15 is 0 Å². The molecule has 0 saturated carbocycles. The van der Waals surface area contributed by atoms with Gasteiger partial charge in [0.2, 0.25) is 0 Å². The molecular weight excluding hydrogens is 226 g/mol. The number of H-pyrrole nitrogens is 1. The molecule has 0 spiro atoms. The lowest BCUT2D eigenvalue weighted by atomic mass is 10.1. The number of carbonyl (C=O) groups excluding carboxylic acids is 1. The quantitative estimate of drug-likeness (QED) is 0.834. The van der Waals surface area contributed by atoms with Crippen molar-refractivity contribution in [1.29, 1.82) is 0 Å². The van der Waals surface area contributed by atoms with E-state index in [1.54, 1.807) is 19.2 Å². The summed E-state index contributed by atoms with van der Waals surface area (Å²) in [6, 6.07) is 11.6. The second kappa shape index (κ2) is 5.87. The fourth-order valence-corrected chi connectivity index (χ4v) is 1.65. The summed E-state index contributed by atoms with van der Waals surface area (Å²) >= 11 is 0. The van der Waals surface area contributed by atoms with Gasteiger partial charge in [0.25, 0.3) is 0 Å². The third kappa shape index (κ3) is 2.88. The van der Waals surface area contributed by atoms with Crippen LogP contribution in [0.3, 0.4) is 0 Å². The molecule has 0 bridgehead atoms. The van der Waals surface area contributed by atoms with Crippen LogP contribution in [0.25, 0.3) is 12.2 Å². The molecule has 0 aliphatic heterocycles. The SMILES string of the molecule is CCOC(=O)c1cc[nH]c1C=Cc1ccccc1. The standard InChI is InChI=1S/C15H15NO2/c1-2-18-15(17)13-10-11-16-14(13)9-8-12-6-4-3-5-7-12/h3-11,16H,2H2,1H3. The van der Waals surface area contributed by atoms with E-state index in [0.717, 1.165) is 11.3 Å². The molecule has 2 aromatic rings. The van der Waals surface area contributed by atoms with Crippen molar-refractivity contribution in [2.75, 3.05) is 6.61 Å². The number of esters is 1. The number of nitrogens with one attached hydrogen (secondary N) is 1. The number of benzene rings is 1. The maximum absolute atomic E-state index is 11.7. The number of ether oxygens (including phenoxy) is 1. The Hall–Kier alpha value is -2.29. The molecule has 0 fully saturated rings. The van der Waals surface area contributed by atoms with Gasteiger partial charge in [-0.2, -0.15) is 0 Å². The number of aromatic nitrogens is 1. The van der Waals surface area contributed by atoms with Crippen LogP contribution in [0.2, 0.25) is 0 Å². The van der Waals surface area contributed by atoms with E-state index in [2.05, 4.69) is 4.98 Å². The predicted octanol–water partition coefficient (Wildman–Crippen LogP) is 3.36. The van der Waals surface area contributed by atoms with Gasteiger partial charge in [0.1, 0.15) is 0 Å². The van der Waals surface area contributed by atoms with E-state index in [1.165, 1.54) is 0 Å². The van der Waals surface area contributed by atoms with Crippen LogP contribution in [0.1, 0.15) is 28.5 Å². The van der Waals surface area contributed by atoms with Crippen LogP contribution in [0.4, 0.5) is 0 Å². The van der Waals surface area contributed by atoms with E-state index in [-0.39, 0.29) is 5.97 Å². The van der Waals surface area contributed by atoms with Gasteiger partial charge in [-0.05, 0) is 24.6 Å². The van der Waals surface area contributed by atoms with Gasteiger partial charge in [-0.25, -0.2) is 4.79 Å². The van der Waals surface area contributed by atoms with Crippen LogP contribution in [0, 0.1) is 0 Å². The Labute approximate surface area is 106 Å². The fourth-order valence-electron chi connectivity index (χ4n) is 1.65. The summed E-state index contributed by atoms with van der Waals surface area (Å²) < 4.78 is 4.99. The summed E-state index contributed by atoms with van der Waals surface area (Å²) in [6.45, 7) is 2.18. The lowest BCUT2D eigenvalue weighted by molar-refractivity contribution is 0.0526. The molecule has 18 heavy (non-hydrogen) atoms. The Morgan fingerprint density at radius 2 is 2.00 bits per heavy atom. The maximum atomic E-state index is 11.7. The molecule has 0 radical (unpaired) electrons. The molecule has 0 aliphatic rings. The van der Waals surface area contributed by atoms with Gasteiger partial charge in [-0.15, -0.1) is 0 Å². The van der Waals surface area contributed by atoms with Crippen molar-refractivity contribution in [1.82, 2.24) is 4.98 Å². The smallest absolute Gasteiger partial charge is 0.340 e. The van der Waals surface area contributed by atoms with Crippen molar-refractivity contribution in [3.8, 4) is 0 Å². The van der Waals surface area contributed by atoms with Crippen molar-refractivity contribution in [2.24, 2.45) is 0 Å². The Kier molecular flexibility index (Phi) is 3.97. The molecule has 0 saturated heterocycles. The predicted molar refractivity (Wildman–Crippen MR) is 72.1 cm³/mol. The van der Waals surface area contributed by atoms with Crippen LogP contribution in [0.15, 0.2) is 42.6 Å². The molecule has 3 heteroatoms. The summed E-state index contributed by atoms with van der Waals surface area (Å²) in [5.74, 6) is -0.300. The average Bonchev–Trinajstić information content (AvgIpc) is 2.86. The molecule has 0 amide bonds. The topological polar surface area (TPSA) is 42.1 Å². The van der Waals surface area contributed by atoms with Crippen LogP contribution in [-0.2, 0) is 4.74 Å². The lowest BCUT2D eigenvalue weighted by Gasteiger charge is -2.00. The van der Waals surface area contributed by atoms with Gasteiger partial charge in [0.05, 0.1) is 17.9 Å². The summed E-state index contributed by atoms with van der Waals surface area (Å²) in [5, 5.41) is 0. The number of hydrogen-bond donors (Lipinski definition) is 1. The maximum Gasteiger partial charge on any atom is 0.340 e. The van der Waals surface area contributed by atoms with Crippen molar-refractivity contribution in [3.63, 3.8) is 0 Å². The van der Waals surface area contributed by atoms with Crippen LogP contribution >= 0.6 is 0 Å². The Bertz CT molecular complexity index is 541. The number of aromatic amines is 1. The minimum atomic E-state index is -0.300. The molecule has 1 aromatic heterocycles. The molecule has 1 N–H and O–H groups in total.